The summed E-state index contributed by atoms with van der Waals surface area (Å²) in [5.41, 5.74) is 1.33. The largest absolute Gasteiger partial charge is 0.285 e. The lowest BCUT2D eigenvalue weighted by molar-refractivity contribution is 1.67. The monoisotopic (exact) mass is 193 g/mol. The molecule has 0 amide bonds. The fourth-order valence-electron chi connectivity index (χ4n) is 1.03. The number of hydrogen-bond acceptors (Lipinski definition) is 1. The van der Waals surface area contributed by atoms with E-state index < -0.39 is 0 Å². The fourth-order valence-corrected chi connectivity index (χ4v) is 3.19. The van der Waals surface area contributed by atoms with Crippen molar-refractivity contribution < 1.29 is 0 Å². The van der Waals surface area contributed by atoms with Crippen LogP contribution in [0.3, 0.4) is 0 Å². The van der Waals surface area contributed by atoms with E-state index in [-0.39, 0.29) is 0 Å². The Labute approximate surface area is 80.1 Å². The maximum atomic E-state index is 2.20. The van der Waals surface area contributed by atoms with Gasteiger partial charge >= 0.3 is 0 Å². The molecule has 0 nitrogen and oxygen atoms in total. The summed E-state index contributed by atoms with van der Waals surface area (Å²) in [6, 6.07) is 10.5. The Morgan fingerprint density at radius 1 is 1.17 bits per heavy atom. The van der Waals surface area contributed by atoms with Gasteiger partial charge in [-0.3, -0.25) is 0 Å². The lowest BCUT2D eigenvalue weighted by Gasteiger charge is -1.85. The molecule has 1 heterocycles. The van der Waals surface area contributed by atoms with Gasteiger partial charge in [0.1, 0.15) is 10.3 Å². The molecule has 0 spiro atoms. The second kappa shape index (κ2) is 3.33. The van der Waals surface area contributed by atoms with Crippen molar-refractivity contribution in [2.45, 2.75) is 6.92 Å². The summed E-state index contributed by atoms with van der Waals surface area (Å²) in [5.74, 6) is 0. The van der Waals surface area contributed by atoms with Crippen LogP contribution < -0.4 is 0 Å². The number of benzene rings is 1. The molecule has 0 saturated heterocycles. The van der Waals surface area contributed by atoms with Gasteiger partial charge in [0.2, 0.25) is 0 Å². The first-order valence-electron chi connectivity index (χ1n) is 3.80. The highest BCUT2D eigenvalue weighted by atomic mass is 32.2. The van der Waals surface area contributed by atoms with E-state index in [1.165, 1.54) is 14.6 Å². The predicted octanol–water partition coefficient (Wildman–Crippen LogP) is 4.07. The molecular weight excluding hydrogens is 184 g/mol. The first kappa shape index (κ1) is 7.90. The molecule has 12 heavy (non-hydrogen) atoms. The first-order valence-corrected chi connectivity index (χ1v) is 5.49. The van der Waals surface area contributed by atoms with Crippen LogP contribution in [0.4, 0.5) is 0 Å². The lowest BCUT2D eigenvalue weighted by atomic mass is 10.2. The summed E-state index contributed by atoms with van der Waals surface area (Å²) in [6.45, 7) is 2.15. The Hall–Kier alpha value is -0.730. The number of rotatable bonds is 1. The Balaban J connectivity index is 2.45. The molecule has 2 rings (SSSR count). The van der Waals surface area contributed by atoms with Gasteiger partial charge in [0.05, 0.1) is 22.7 Å². The van der Waals surface area contributed by atoms with Gasteiger partial charge in [-0.05, 0) is 19.1 Å². The molecule has 0 radical (unpaired) electrons. The number of aryl methyl sites for hydroxylation is 1. The van der Waals surface area contributed by atoms with E-state index in [2.05, 4.69) is 42.6 Å². The molecule has 0 atom stereocenters. The normalized spacial score (nSPS) is 10.1. The quantitative estimate of drug-likeness (QED) is 0.599. The van der Waals surface area contributed by atoms with Gasteiger partial charge in [-0.15, -0.1) is 0 Å². The molecule has 60 valence electrons. The Morgan fingerprint density at radius 2 is 1.92 bits per heavy atom. The Morgan fingerprint density at radius 3 is 2.50 bits per heavy atom. The van der Waals surface area contributed by atoms with Crippen LogP contribution in [0.15, 0.2) is 35.7 Å². The van der Waals surface area contributed by atoms with Crippen LogP contribution >= 0.6 is 22.7 Å². The average molecular weight is 193 g/mol. The minimum absolute atomic E-state index is 1.33. The van der Waals surface area contributed by atoms with Gasteiger partial charge in [0.25, 0.3) is 4.19 Å². The van der Waals surface area contributed by atoms with E-state index in [1.807, 2.05) is 22.7 Å². The molecule has 2 aromatic rings. The van der Waals surface area contributed by atoms with Crippen LogP contribution in [0.1, 0.15) is 4.88 Å². The summed E-state index contributed by atoms with van der Waals surface area (Å²) in [7, 11) is 0. The maximum Gasteiger partial charge on any atom is 0.285 e. The zero-order chi connectivity index (χ0) is 8.39. The SMILES string of the molecule is Cc1c[s+]c(-c2ccccc2)s1. The van der Waals surface area contributed by atoms with Crippen molar-refractivity contribution in [3.05, 3.63) is 40.6 Å². The molecule has 0 fully saturated rings. The zero-order valence-corrected chi connectivity index (χ0v) is 8.41. The Kier molecular flexibility index (Phi) is 2.19. The highest BCUT2D eigenvalue weighted by Gasteiger charge is 2.11. The van der Waals surface area contributed by atoms with E-state index in [9.17, 15) is 0 Å². The van der Waals surface area contributed by atoms with Gasteiger partial charge in [0, 0.05) is 5.56 Å². The molecule has 0 unspecified atom stereocenters. The van der Waals surface area contributed by atoms with Gasteiger partial charge in [-0.2, -0.15) is 0 Å². The third-order valence-corrected chi connectivity index (χ3v) is 4.07. The van der Waals surface area contributed by atoms with Crippen LogP contribution in [0.25, 0.3) is 9.75 Å². The minimum Gasteiger partial charge on any atom is -0.0622 e. The summed E-state index contributed by atoms with van der Waals surface area (Å²) in [5, 5.41) is 2.20. The number of hydrogen-bond donors (Lipinski definition) is 0. The van der Waals surface area contributed by atoms with Gasteiger partial charge < -0.3 is 0 Å². The summed E-state index contributed by atoms with van der Waals surface area (Å²) >= 11 is 3.68. The van der Waals surface area contributed by atoms with Gasteiger partial charge in [-0.25, -0.2) is 0 Å². The molecule has 1 aromatic heterocycles. The highest BCUT2D eigenvalue weighted by Crippen LogP contribution is 2.31. The van der Waals surface area contributed by atoms with Gasteiger partial charge in [-0.1, -0.05) is 18.2 Å². The summed E-state index contributed by atoms with van der Waals surface area (Å²) in [6.07, 6.45) is 0. The smallest absolute Gasteiger partial charge is 0.0622 e. The van der Waals surface area contributed by atoms with E-state index in [1.54, 1.807) is 0 Å². The molecular formula is C10H9S2+. The second-order valence-electron chi connectivity index (χ2n) is 2.60. The minimum atomic E-state index is 1.33. The van der Waals surface area contributed by atoms with Crippen LogP contribution in [0.2, 0.25) is 0 Å². The third-order valence-electron chi connectivity index (χ3n) is 1.60. The van der Waals surface area contributed by atoms with E-state index in [4.69, 9.17) is 0 Å². The Bertz CT molecular complexity index is 362. The average Bonchev–Trinajstić information content (AvgIpc) is 2.54. The topological polar surface area (TPSA) is 0 Å². The molecule has 0 bridgehead atoms. The second-order valence-corrected chi connectivity index (χ2v) is 5.00. The maximum absolute atomic E-state index is 2.20. The molecule has 0 N–H and O–H groups in total. The summed E-state index contributed by atoms with van der Waals surface area (Å²) < 4.78 is 1.40. The van der Waals surface area contributed by atoms with Crippen molar-refractivity contribution in [1.82, 2.24) is 0 Å². The zero-order valence-electron chi connectivity index (χ0n) is 6.78. The summed E-state index contributed by atoms with van der Waals surface area (Å²) in [4.78, 5) is 1.39. The van der Waals surface area contributed by atoms with E-state index in [0.717, 1.165) is 0 Å². The van der Waals surface area contributed by atoms with Crippen molar-refractivity contribution in [3.8, 4) is 9.75 Å². The van der Waals surface area contributed by atoms with Crippen LogP contribution in [-0.2, 0) is 0 Å². The first-order chi connectivity index (χ1) is 5.86. The van der Waals surface area contributed by atoms with Crippen molar-refractivity contribution in [1.29, 1.82) is 0 Å². The lowest BCUT2D eigenvalue weighted by Crippen LogP contribution is -1.65. The molecule has 1 aromatic carbocycles. The molecule has 0 aliphatic heterocycles. The predicted molar refractivity (Wildman–Crippen MR) is 56.8 cm³/mol. The van der Waals surface area contributed by atoms with E-state index >= 15 is 0 Å². The molecule has 2 heteroatoms. The van der Waals surface area contributed by atoms with Crippen molar-refractivity contribution in [2.24, 2.45) is 0 Å². The molecule has 0 aliphatic carbocycles. The van der Waals surface area contributed by atoms with Gasteiger partial charge in [0.15, 0.2) is 0 Å². The van der Waals surface area contributed by atoms with Crippen molar-refractivity contribution >= 4 is 22.7 Å². The highest BCUT2D eigenvalue weighted by molar-refractivity contribution is 7.34. The fraction of sp³-hybridized carbons (Fsp3) is 0.100. The van der Waals surface area contributed by atoms with Crippen LogP contribution in [-0.4, -0.2) is 0 Å². The van der Waals surface area contributed by atoms with Crippen molar-refractivity contribution in [3.63, 3.8) is 0 Å². The van der Waals surface area contributed by atoms with Crippen molar-refractivity contribution in [2.75, 3.05) is 0 Å². The third kappa shape index (κ3) is 1.54. The van der Waals surface area contributed by atoms with E-state index in [0.29, 0.717) is 0 Å². The molecule has 0 aliphatic rings. The standard InChI is InChI=1S/C10H9S2/c1-8-7-11-10(12-8)9-5-3-2-4-6-9/h2-7H,1H3/q+1. The van der Waals surface area contributed by atoms with Crippen LogP contribution in [0, 0.1) is 6.92 Å². The van der Waals surface area contributed by atoms with Crippen LogP contribution in [0.5, 0.6) is 0 Å². The molecule has 0 saturated carbocycles.